The van der Waals surface area contributed by atoms with E-state index in [-0.39, 0.29) is 5.92 Å². The van der Waals surface area contributed by atoms with Crippen LogP contribution in [0.4, 0.5) is 0 Å². The Labute approximate surface area is 208 Å². The van der Waals surface area contributed by atoms with Gasteiger partial charge in [0, 0.05) is 5.56 Å². The van der Waals surface area contributed by atoms with E-state index < -0.39 is 54.1 Å². The van der Waals surface area contributed by atoms with Crippen LogP contribution in [0.5, 0.6) is 0 Å². The van der Waals surface area contributed by atoms with Crippen molar-refractivity contribution in [1.29, 1.82) is 0 Å². The minimum absolute atomic E-state index is 0.362. The smallest absolute Gasteiger partial charge is 0.332 e. The number of ether oxygens (including phenoxy) is 3. The number of hydrogen-bond acceptors (Lipinski definition) is 7. The van der Waals surface area contributed by atoms with Crippen LogP contribution in [0.3, 0.4) is 0 Å². The quantitative estimate of drug-likeness (QED) is 0.298. The van der Waals surface area contributed by atoms with Crippen molar-refractivity contribution < 1.29 is 33.4 Å². The summed E-state index contributed by atoms with van der Waals surface area (Å²) in [7, 11) is 0. The highest BCUT2D eigenvalue weighted by Crippen LogP contribution is 2.27. The molecule has 1 heterocycles. The number of carbonyl (C=O) groups excluding carboxylic acids is 4. The number of rotatable bonds is 10. The van der Waals surface area contributed by atoms with Crippen LogP contribution in [0.2, 0.25) is 0 Å². The summed E-state index contributed by atoms with van der Waals surface area (Å²) in [6.07, 6.45) is 1.88. The van der Waals surface area contributed by atoms with Gasteiger partial charge in [-0.1, -0.05) is 64.7 Å². The Morgan fingerprint density at radius 1 is 0.971 bits per heavy atom. The molecule has 0 unspecified atom stereocenters. The lowest BCUT2D eigenvalue weighted by Crippen LogP contribution is -2.50. The molecule has 0 radical (unpaired) electrons. The lowest BCUT2D eigenvalue weighted by molar-refractivity contribution is -0.177. The zero-order valence-corrected chi connectivity index (χ0v) is 21.5. The van der Waals surface area contributed by atoms with Crippen LogP contribution in [0.1, 0.15) is 83.5 Å². The molecule has 0 spiro atoms. The van der Waals surface area contributed by atoms with E-state index in [9.17, 15) is 19.2 Å². The van der Waals surface area contributed by atoms with Gasteiger partial charge in [0.05, 0.1) is 11.8 Å². The van der Waals surface area contributed by atoms with Crippen molar-refractivity contribution in [3.05, 3.63) is 35.9 Å². The summed E-state index contributed by atoms with van der Waals surface area (Å²) in [5, 5.41) is 2.63. The van der Waals surface area contributed by atoms with Crippen LogP contribution in [0.15, 0.2) is 30.3 Å². The molecule has 1 aromatic carbocycles. The van der Waals surface area contributed by atoms with Crippen molar-refractivity contribution in [3.8, 4) is 0 Å². The van der Waals surface area contributed by atoms with Crippen molar-refractivity contribution in [1.82, 2.24) is 5.32 Å². The number of esters is 3. The minimum atomic E-state index is -1.21. The third-order valence-electron chi connectivity index (χ3n) is 6.45. The van der Waals surface area contributed by atoms with Crippen LogP contribution in [-0.4, -0.2) is 48.2 Å². The highest BCUT2D eigenvalue weighted by Gasteiger charge is 2.44. The number of hydrogen-bond donors (Lipinski definition) is 1. The average Bonchev–Trinajstić information content (AvgIpc) is 2.87. The lowest BCUT2D eigenvalue weighted by Gasteiger charge is -2.30. The fourth-order valence-corrected chi connectivity index (χ4v) is 3.97. The second kappa shape index (κ2) is 13.9. The second-order valence-electron chi connectivity index (χ2n) is 9.27. The Hall–Kier alpha value is -2.90. The summed E-state index contributed by atoms with van der Waals surface area (Å²) in [4.78, 5) is 51.7. The first kappa shape index (κ1) is 28.3. The van der Waals surface area contributed by atoms with E-state index >= 15 is 0 Å². The van der Waals surface area contributed by atoms with Crippen LogP contribution in [-0.2, 0) is 28.6 Å². The van der Waals surface area contributed by atoms with E-state index in [2.05, 4.69) is 12.2 Å². The fraction of sp³-hybridized carbons (Fsp3) is 0.630. The molecule has 8 heteroatoms. The Kier molecular flexibility index (Phi) is 11.2. The van der Waals surface area contributed by atoms with Crippen LogP contribution >= 0.6 is 0 Å². The zero-order valence-electron chi connectivity index (χ0n) is 21.5. The molecule has 2 rings (SSSR count). The normalized spacial score (nSPS) is 25.8. The Bertz CT molecular complexity index is 856. The number of benzene rings is 1. The van der Waals surface area contributed by atoms with Crippen LogP contribution < -0.4 is 5.32 Å². The van der Waals surface area contributed by atoms with Crippen LogP contribution in [0.25, 0.3) is 0 Å². The molecule has 1 aliphatic heterocycles. The maximum absolute atomic E-state index is 13.3. The van der Waals surface area contributed by atoms with Crippen molar-refractivity contribution in [3.63, 3.8) is 0 Å². The molecule has 1 N–H and O–H groups in total. The van der Waals surface area contributed by atoms with Crippen molar-refractivity contribution in [2.24, 2.45) is 11.8 Å². The number of carbonyl (C=O) groups is 4. The molecule has 0 saturated carbocycles. The number of nitrogens with one attached hydrogen (secondary N) is 1. The van der Waals surface area contributed by atoms with Crippen molar-refractivity contribution in [2.45, 2.75) is 97.5 Å². The largest absolute Gasteiger partial charge is 0.460 e. The fourth-order valence-electron chi connectivity index (χ4n) is 3.97. The summed E-state index contributed by atoms with van der Waals surface area (Å²) < 4.78 is 17.1. The molecule has 1 amide bonds. The molecule has 8 nitrogen and oxygen atoms in total. The van der Waals surface area contributed by atoms with Gasteiger partial charge < -0.3 is 19.5 Å². The van der Waals surface area contributed by atoms with Gasteiger partial charge in [-0.3, -0.25) is 14.4 Å². The van der Waals surface area contributed by atoms with E-state index in [0.717, 1.165) is 25.7 Å². The van der Waals surface area contributed by atoms with Gasteiger partial charge in [-0.05, 0) is 38.8 Å². The average molecular weight is 490 g/mol. The maximum Gasteiger partial charge on any atom is 0.332 e. The predicted octanol–water partition coefficient (Wildman–Crippen LogP) is 4.21. The number of unbranched alkanes of at least 4 members (excludes halogenated alkanes) is 3. The summed E-state index contributed by atoms with van der Waals surface area (Å²) in [5.74, 6) is -3.41. The summed E-state index contributed by atoms with van der Waals surface area (Å²) in [6, 6.07) is 7.22. The summed E-state index contributed by atoms with van der Waals surface area (Å²) in [5.41, 5.74) is 0.362. The standard InChI is InChI=1S/C27H39NO7/c1-6-8-9-13-16-21-23(35-25(30)17(3)7-2)19(5)34-27(32)22(18(4)33-26(21)31)28-24(29)20-14-11-10-12-15-20/h10-12,14-15,17-19,21-23H,6-9,13,16H2,1-5H3,(H,28,29)/t17-,18+,19-,21+,22-,23-/m0/s1. The molecule has 1 aliphatic rings. The van der Waals surface area contributed by atoms with Gasteiger partial charge >= 0.3 is 17.9 Å². The lowest BCUT2D eigenvalue weighted by atomic mass is 9.91. The van der Waals surface area contributed by atoms with Crippen LogP contribution in [0, 0.1) is 11.8 Å². The minimum Gasteiger partial charge on any atom is -0.460 e. The van der Waals surface area contributed by atoms with E-state index in [1.165, 1.54) is 0 Å². The second-order valence-corrected chi connectivity index (χ2v) is 9.27. The number of amides is 1. The predicted molar refractivity (Wildman–Crippen MR) is 130 cm³/mol. The Balaban J connectivity index is 2.30. The Morgan fingerprint density at radius 3 is 2.26 bits per heavy atom. The first-order valence-electron chi connectivity index (χ1n) is 12.7. The maximum atomic E-state index is 13.3. The van der Waals surface area contributed by atoms with E-state index in [4.69, 9.17) is 14.2 Å². The summed E-state index contributed by atoms with van der Waals surface area (Å²) in [6.45, 7) is 8.86. The zero-order chi connectivity index (χ0) is 26.0. The molecule has 6 atom stereocenters. The molecule has 1 aromatic rings. The van der Waals surface area contributed by atoms with Gasteiger partial charge in [-0.15, -0.1) is 0 Å². The molecule has 35 heavy (non-hydrogen) atoms. The highest BCUT2D eigenvalue weighted by molar-refractivity contribution is 5.97. The molecule has 1 fully saturated rings. The Morgan fingerprint density at radius 2 is 1.63 bits per heavy atom. The van der Waals surface area contributed by atoms with Gasteiger partial charge in [0.25, 0.3) is 5.91 Å². The molecule has 0 aliphatic carbocycles. The third kappa shape index (κ3) is 8.08. The SMILES string of the molecule is CCCCCC[C@H]1C(=O)O[C@H](C)[C@H](NC(=O)c2ccccc2)C(=O)O[C@@H](C)[C@@H]1OC(=O)[C@@H](C)CC. The topological polar surface area (TPSA) is 108 Å². The molecule has 1 saturated heterocycles. The van der Waals surface area contributed by atoms with Crippen molar-refractivity contribution in [2.75, 3.05) is 0 Å². The van der Waals surface area contributed by atoms with E-state index in [1.54, 1.807) is 51.1 Å². The third-order valence-corrected chi connectivity index (χ3v) is 6.45. The highest BCUT2D eigenvalue weighted by atomic mass is 16.6. The van der Waals surface area contributed by atoms with Gasteiger partial charge in [0.2, 0.25) is 0 Å². The first-order chi connectivity index (χ1) is 16.7. The summed E-state index contributed by atoms with van der Waals surface area (Å²) >= 11 is 0. The van der Waals surface area contributed by atoms with Gasteiger partial charge in [0.1, 0.15) is 12.2 Å². The van der Waals surface area contributed by atoms with E-state index in [0.29, 0.717) is 18.4 Å². The number of cyclic esters (lactones) is 2. The van der Waals surface area contributed by atoms with E-state index in [1.807, 2.05) is 6.92 Å². The van der Waals surface area contributed by atoms with Gasteiger partial charge in [-0.25, -0.2) is 4.79 Å². The molecule has 0 bridgehead atoms. The van der Waals surface area contributed by atoms with Gasteiger partial charge in [0.15, 0.2) is 12.1 Å². The molecule has 0 aromatic heterocycles. The van der Waals surface area contributed by atoms with Gasteiger partial charge in [-0.2, -0.15) is 0 Å². The first-order valence-corrected chi connectivity index (χ1v) is 12.7. The van der Waals surface area contributed by atoms with Crippen molar-refractivity contribution >= 4 is 23.8 Å². The molecular weight excluding hydrogens is 450 g/mol. The molecule has 194 valence electrons. The monoisotopic (exact) mass is 489 g/mol. The molecular formula is C27H39NO7.